The zero-order chi connectivity index (χ0) is 20.5. The summed E-state index contributed by atoms with van der Waals surface area (Å²) in [6.45, 7) is 6.28. The van der Waals surface area contributed by atoms with Crippen molar-refractivity contribution >= 4 is 29.9 Å². The summed E-state index contributed by atoms with van der Waals surface area (Å²) in [7, 11) is 1.70. The molecule has 3 N–H and O–H groups in total. The molecule has 3 aromatic rings. The molecule has 30 heavy (non-hydrogen) atoms. The number of aromatic nitrogens is 3. The topological polar surface area (TPSA) is 100 Å². The number of methoxy groups -OCH3 is 1. The predicted octanol–water partition coefficient (Wildman–Crippen LogP) is 3.34. The van der Waals surface area contributed by atoms with Gasteiger partial charge in [-0.15, -0.1) is 24.0 Å². The van der Waals surface area contributed by atoms with E-state index in [1.807, 2.05) is 25.1 Å². The highest BCUT2D eigenvalue weighted by molar-refractivity contribution is 14.0. The molecule has 3 rings (SSSR count). The number of benzene rings is 1. The number of halogens is 1. The van der Waals surface area contributed by atoms with Gasteiger partial charge in [0.1, 0.15) is 11.6 Å². The van der Waals surface area contributed by atoms with Crippen LogP contribution in [0.15, 0.2) is 46.0 Å². The molecule has 0 spiro atoms. The zero-order valence-corrected chi connectivity index (χ0v) is 19.9. The Morgan fingerprint density at radius 1 is 1.23 bits per heavy atom. The van der Waals surface area contributed by atoms with E-state index in [0.717, 1.165) is 37.0 Å². The van der Waals surface area contributed by atoms with Crippen molar-refractivity contribution in [2.24, 2.45) is 4.99 Å². The number of aromatic amines is 1. The molecule has 9 heteroatoms. The molecule has 2 aromatic heterocycles. The van der Waals surface area contributed by atoms with E-state index in [1.54, 1.807) is 13.4 Å². The number of nitrogens with zero attached hydrogens (tertiary/aromatic N) is 3. The van der Waals surface area contributed by atoms with Gasteiger partial charge >= 0.3 is 0 Å². The van der Waals surface area contributed by atoms with Gasteiger partial charge in [-0.1, -0.05) is 17.7 Å². The Labute approximate surface area is 193 Å². The van der Waals surface area contributed by atoms with Crippen molar-refractivity contribution in [2.75, 3.05) is 26.7 Å². The minimum Gasteiger partial charge on any atom is -0.496 e. The van der Waals surface area contributed by atoms with Crippen LogP contribution in [0.2, 0.25) is 0 Å². The first-order valence-corrected chi connectivity index (χ1v) is 9.80. The van der Waals surface area contributed by atoms with Gasteiger partial charge in [-0.05, 0) is 44.0 Å². The summed E-state index contributed by atoms with van der Waals surface area (Å²) in [5.41, 5.74) is 2.41. The molecule has 0 aliphatic heterocycles. The Kier molecular flexibility index (Phi) is 9.65. The average molecular weight is 524 g/mol. The van der Waals surface area contributed by atoms with E-state index in [2.05, 4.69) is 49.9 Å². The average Bonchev–Trinajstić information content (AvgIpc) is 3.40. The summed E-state index contributed by atoms with van der Waals surface area (Å²) in [6.07, 6.45) is 3.12. The van der Waals surface area contributed by atoms with Gasteiger partial charge in [0.05, 0.1) is 13.4 Å². The zero-order valence-electron chi connectivity index (χ0n) is 17.6. The van der Waals surface area contributed by atoms with Gasteiger partial charge in [0.2, 0.25) is 5.82 Å². The standard InChI is InChI=1S/C21H28N6O2.HI/c1-4-22-21(23-11-9-16-14-15(2)7-8-17(16)28-3)24-12-10-19-25-20(27-26-19)18-6-5-13-29-18;/h5-8,13-14H,4,9-12H2,1-3H3,(H2,22,23,24)(H,25,26,27);1H. The van der Waals surface area contributed by atoms with Crippen LogP contribution in [-0.2, 0) is 12.8 Å². The Balaban J connectivity index is 0.00000320. The lowest BCUT2D eigenvalue weighted by molar-refractivity contribution is 0.409. The molecule has 0 fully saturated rings. The molecule has 8 nitrogen and oxygen atoms in total. The van der Waals surface area contributed by atoms with Gasteiger partial charge in [0.15, 0.2) is 11.7 Å². The van der Waals surface area contributed by atoms with Crippen LogP contribution in [0.4, 0.5) is 0 Å². The number of H-pyrrole nitrogens is 1. The molecule has 162 valence electrons. The summed E-state index contributed by atoms with van der Waals surface area (Å²) in [4.78, 5) is 9.06. The van der Waals surface area contributed by atoms with Crippen LogP contribution in [0, 0.1) is 6.92 Å². The van der Waals surface area contributed by atoms with Crippen LogP contribution in [0.25, 0.3) is 11.6 Å². The van der Waals surface area contributed by atoms with Gasteiger partial charge < -0.3 is 19.8 Å². The van der Waals surface area contributed by atoms with Crippen LogP contribution in [0.1, 0.15) is 23.9 Å². The van der Waals surface area contributed by atoms with Crippen molar-refractivity contribution in [3.63, 3.8) is 0 Å². The monoisotopic (exact) mass is 524 g/mol. The first kappa shape index (κ1) is 23.7. The Hall–Kier alpha value is -2.56. The third-order valence-electron chi connectivity index (χ3n) is 4.36. The lowest BCUT2D eigenvalue weighted by atomic mass is 10.1. The predicted molar refractivity (Wildman–Crippen MR) is 129 cm³/mol. The minimum atomic E-state index is 0. The van der Waals surface area contributed by atoms with E-state index in [4.69, 9.17) is 9.15 Å². The molecule has 0 bridgehead atoms. The highest BCUT2D eigenvalue weighted by atomic mass is 127. The number of aryl methyl sites for hydroxylation is 1. The summed E-state index contributed by atoms with van der Waals surface area (Å²) in [5.74, 6) is 3.69. The maximum absolute atomic E-state index is 5.45. The SMILES string of the molecule is CCNC(=NCCc1nc(-c2ccco2)n[nH]1)NCCc1cc(C)ccc1OC.I. The highest BCUT2D eigenvalue weighted by Crippen LogP contribution is 2.19. The fourth-order valence-electron chi connectivity index (χ4n) is 2.96. The van der Waals surface area contributed by atoms with Crippen molar-refractivity contribution in [1.29, 1.82) is 0 Å². The first-order valence-electron chi connectivity index (χ1n) is 9.80. The third kappa shape index (κ3) is 6.75. The van der Waals surface area contributed by atoms with Crippen molar-refractivity contribution < 1.29 is 9.15 Å². The molecular weight excluding hydrogens is 495 g/mol. The molecule has 0 unspecified atom stereocenters. The summed E-state index contributed by atoms with van der Waals surface area (Å²) < 4.78 is 10.8. The number of hydrogen-bond acceptors (Lipinski definition) is 5. The third-order valence-corrected chi connectivity index (χ3v) is 4.36. The first-order chi connectivity index (χ1) is 14.2. The van der Waals surface area contributed by atoms with E-state index in [-0.39, 0.29) is 24.0 Å². The number of aliphatic imine (C=N–C) groups is 1. The lowest BCUT2D eigenvalue weighted by Gasteiger charge is -2.13. The molecule has 0 saturated carbocycles. The number of ether oxygens (including phenoxy) is 1. The molecular formula is C21H29IN6O2. The van der Waals surface area contributed by atoms with Crippen LogP contribution >= 0.6 is 24.0 Å². The molecule has 0 amide bonds. The van der Waals surface area contributed by atoms with Gasteiger partial charge in [-0.25, -0.2) is 4.98 Å². The summed E-state index contributed by atoms with van der Waals surface area (Å²) in [5, 5.41) is 13.8. The molecule has 0 radical (unpaired) electrons. The number of hydrogen-bond donors (Lipinski definition) is 3. The molecule has 2 heterocycles. The largest absolute Gasteiger partial charge is 0.496 e. The number of furan rings is 1. The second-order valence-electron chi connectivity index (χ2n) is 6.59. The maximum atomic E-state index is 5.45. The summed E-state index contributed by atoms with van der Waals surface area (Å²) >= 11 is 0. The minimum absolute atomic E-state index is 0. The van der Waals surface area contributed by atoms with Gasteiger partial charge in [0, 0.05) is 26.1 Å². The lowest BCUT2D eigenvalue weighted by Crippen LogP contribution is -2.38. The van der Waals surface area contributed by atoms with Crippen molar-refractivity contribution in [3.8, 4) is 17.3 Å². The van der Waals surface area contributed by atoms with E-state index in [0.29, 0.717) is 24.6 Å². The Bertz CT molecular complexity index is 923. The molecule has 0 atom stereocenters. The van der Waals surface area contributed by atoms with Crippen molar-refractivity contribution in [1.82, 2.24) is 25.8 Å². The van der Waals surface area contributed by atoms with E-state index in [1.165, 1.54) is 11.1 Å². The van der Waals surface area contributed by atoms with Crippen LogP contribution in [-0.4, -0.2) is 47.9 Å². The van der Waals surface area contributed by atoms with Crippen molar-refractivity contribution in [2.45, 2.75) is 26.7 Å². The summed E-state index contributed by atoms with van der Waals surface area (Å²) in [6, 6.07) is 9.88. The Morgan fingerprint density at radius 2 is 2.10 bits per heavy atom. The molecule has 1 aromatic carbocycles. The number of guanidine groups is 1. The normalized spacial score (nSPS) is 11.1. The second kappa shape index (κ2) is 12.2. The van der Waals surface area contributed by atoms with Crippen LogP contribution in [0.3, 0.4) is 0 Å². The molecule has 0 saturated heterocycles. The van der Waals surface area contributed by atoms with E-state index in [9.17, 15) is 0 Å². The fraction of sp³-hybridized carbons (Fsp3) is 0.381. The van der Waals surface area contributed by atoms with Crippen LogP contribution in [0.5, 0.6) is 5.75 Å². The smallest absolute Gasteiger partial charge is 0.216 e. The Morgan fingerprint density at radius 3 is 2.83 bits per heavy atom. The van der Waals surface area contributed by atoms with Gasteiger partial charge in [-0.2, -0.15) is 5.10 Å². The van der Waals surface area contributed by atoms with E-state index < -0.39 is 0 Å². The fourth-order valence-corrected chi connectivity index (χ4v) is 2.96. The maximum Gasteiger partial charge on any atom is 0.216 e. The highest BCUT2D eigenvalue weighted by Gasteiger charge is 2.08. The quantitative estimate of drug-likeness (QED) is 0.226. The number of nitrogens with one attached hydrogen (secondary N) is 3. The van der Waals surface area contributed by atoms with Crippen molar-refractivity contribution in [3.05, 3.63) is 53.5 Å². The number of rotatable bonds is 9. The van der Waals surface area contributed by atoms with E-state index >= 15 is 0 Å². The molecule has 0 aliphatic carbocycles. The van der Waals surface area contributed by atoms with Crippen LogP contribution < -0.4 is 15.4 Å². The molecule has 0 aliphatic rings. The second-order valence-corrected chi connectivity index (χ2v) is 6.59. The van der Waals surface area contributed by atoms with Gasteiger partial charge in [0.25, 0.3) is 0 Å². The van der Waals surface area contributed by atoms with Gasteiger partial charge in [-0.3, -0.25) is 10.1 Å².